The van der Waals surface area contributed by atoms with E-state index >= 15 is 0 Å². The van der Waals surface area contributed by atoms with Crippen molar-refractivity contribution in [1.82, 2.24) is 4.98 Å². The Morgan fingerprint density at radius 3 is 2.94 bits per heavy atom. The van der Waals surface area contributed by atoms with E-state index in [-0.39, 0.29) is 6.04 Å². The predicted molar refractivity (Wildman–Crippen MR) is 70.6 cm³/mol. The Balaban J connectivity index is 2.00. The summed E-state index contributed by atoms with van der Waals surface area (Å²) in [7, 11) is 0. The highest BCUT2D eigenvalue weighted by atomic mass is 35.5. The average molecular weight is 283 g/mol. The summed E-state index contributed by atoms with van der Waals surface area (Å²) in [6.45, 7) is 1.05. The fraction of sp³-hybridized carbons (Fsp3) is 0.250. The Bertz CT molecular complexity index is 559. The normalized spacial score (nSPS) is 15.4. The summed E-state index contributed by atoms with van der Waals surface area (Å²) in [5, 5.41) is 3.27. The van der Waals surface area contributed by atoms with Crippen LogP contribution >= 0.6 is 22.9 Å². The topological polar surface area (TPSA) is 57.4 Å². The molecule has 1 aromatic carbocycles. The van der Waals surface area contributed by atoms with Gasteiger partial charge in [0.15, 0.2) is 11.5 Å². The van der Waals surface area contributed by atoms with Crippen molar-refractivity contribution in [1.29, 1.82) is 0 Å². The molecule has 2 aromatic rings. The second-order valence-electron chi connectivity index (χ2n) is 3.87. The molecule has 1 aromatic heterocycles. The van der Waals surface area contributed by atoms with Crippen molar-refractivity contribution in [2.75, 3.05) is 13.2 Å². The molecule has 0 aliphatic carbocycles. The summed E-state index contributed by atoms with van der Waals surface area (Å²) in [4.78, 5) is 4.21. The Hall–Kier alpha value is -1.30. The van der Waals surface area contributed by atoms with Crippen molar-refractivity contribution in [3.05, 3.63) is 39.3 Å². The number of nitrogens with zero attached hydrogens (tertiary/aromatic N) is 1. The van der Waals surface area contributed by atoms with Crippen molar-refractivity contribution in [2.24, 2.45) is 5.73 Å². The first-order chi connectivity index (χ1) is 8.75. The van der Waals surface area contributed by atoms with Crippen molar-refractivity contribution in [3.63, 3.8) is 0 Å². The number of hydrogen-bond acceptors (Lipinski definition) is 5. The first-order valence-corrected chi connectivity index (χ1v) is 6.75. The molecule has 0 saturated heterocycles. The van der Waals surface area contributed by atoms with E-state index in [1.54, 1.807) is 12.3 Å². The van der Waals surface area contributed by atoms with Crippen molar-refractivity contribution in [2.45, 2.75) is 6.04 Å². The van der Waals surface area contributed by atoms with Gasteiger partial charge in [0.1, 0.15) is 18.2 Å². The van der Waals surface area contributed by atoms with Crippen LogP contribution in [0, 0.1) is 0 Å². The van der Waals surface area contributed by atoms with Crippen LogP contribution in [0.3, 0.4) is 0 Å². The SMILES string of the molecule is NC(c1cc(Cl)c2c(c1)OCCO2)c1nccs1. The maximum absolute atomic E-state index is 6.18. The minimum absolute atomic E-state index is 0.293. The lowest BCUT2D eigenvalue weighted by molar-refractivity contribution is 0.171. The van der Waals surface area contributed by atoms with Crippen LogP contribution in [0.4, 0.5) is 0 Å². The first-order valence-electron chi connectivity index (χ1n) is 5.49. The van der Waals surface area contributed by atoms with Crippen molar-refractivity contribution in [3.8, 4) is 11.5 Å². The lowest BCUT2D eigenvalue weighted by Crippen LogP contribution is -2.17. The number of thiazole rings is 1. The summed E-state index contributed by atoms with van der Waals surface area (Å²) in [6.07, 6.45) is 1.74. The van der Waals surface area contributed by atoms with Gasteiger partial charge in [-0.2, -0.15) is 0 Å². The number of fused-ring (bicyclic) bond motifs is 1. The van der Waals surface area contributed by atoms with Gasteiger partial charge in [0, 0.05) is 11.6 Å². The summed E-state index contributed by atoms with van der Waals surface area (Å²) in [5.74, 6) is 1.24. The van der Waals surface area contributed by atoms with E-state index in [1.807, 2.05) is 11.4 Å². The van der Waals surface area contributed by atoms with Crippen LogP contribution in [-0.4, -0.2) is 18.2 Å². The minimum atomic E-state index is -0.293. The van der Waals surface area contributed by atoms with Crippen LogP contribution in [0.25, 0.3) is 0 Å². The Kier molecular flexibility index (Phi) is 3.11. The van der Waals surface area contributed by atoms with E-state index in [9.17, 15) is 0 Å². The smallest absolute Gasteiger partial charge is 0.179 e. The van der Waals surface area contributed by atoms with Gasteiger partial charge in [-0.25, -0.2) is 4.98 Å². The van der Waals surface area contributed by atoms with E-state index < -0.39 is 0 Å². The fourth-order valence-electron chi connectivity index (χ4n) is 1.84. The van der Waals surface area contributed by atoms with Gasteiger partial charge >= 0.3 is 0 Å². The summed E-state index contributed by atoms with van der Waals surface area (Å²) < 4.78 is 11.0. The van der Waals surface area contributed by atoms with Gasteiger partial charge in [0.2, 0.25) is 0 Å². The fourth-order valence-corrected chi connectivity index (χ4v) is 2.78. The Morgan fingerprint density at radius 2 is 2.17 bits per heavy atom. The highest BCUT2D eigenvalue weighted by Gasteiger charge is 2.20. The third-order valence-corrected chi connectivity index (χ3v) is 3.84. The zero-order valence-electron chi connectivity index (χ0n) is 9.43. The number of halogens is 1. The monoisotopic (exact) mass is 282 g/mol. The van der Waals surface area contributed by atoms with E-state index in [1.165, 1.54) is 11.3 Å². The molecule has 4 nitrogen and oxygen atoms in total. The van der Waals surface area contributed by atoms with Crippen molar-refractivity contribution < 1.29 is 9.47 Å². The van der Waals surface area contributed by atoms with Gasteiger partial charge in [-0.1, -0.05) is 11.6 Å². The molecule has 0 radical (unpaired) electrons. The minimum Gasteiger partial charge on any atom is -0.486 e. The van der Waals surface area contributed by atoms with Crippen LogP contribution in [0.5, 0.6) is 11.5 Å². The number of hydrogen-bond donors (Lipinski definition) is 1. The molecule has 0 bridgehead atoms. The number of ether oxygens (including phenoxy) is 2. The third kappa shape index (κ3) is 2.05. The first kappa shape index (κ1) is 11.8. The zero-order chi connectivity index (χ0) is 12.5. The highest BCUT2D eigenvalue weighted by molar-refractivity contribution is 7.09. The number of rotatable bonds is 2. The largest absolute Gasteiger partial charge is 0.486 e. The quantitative estimate of drug-likeness (QED) is 0.920. The molecule has 0 saturated carbocycles. The summed E-state index contributed by atoms with van der Waals surface area (Å²) >= 11 is 7.69. The molecule has 3 rings (SSSR count). The average Bonchev–Trinajstić information content (AvgIpc) is 2.91. The van der Waals surface area contributed by atoms with E-state index in [4.69, 9.17) is 26.8 Å². The molecule has 94 valence electrons. The molecule has 0 fully saturated rings. The molecule has 2 heterocycles. The third-order valence-electron chi connectivity index (χ3n) is 2.70. The van der Waals surface area contributed by atoms with Crippen LogP contribution in [0.2, 0.25) is 5.02 Å². The maximum Gasteiger partial charge on any atom is 0.179 e. The molecule has 6 heteroatoms. The molecule has 1 atom stereocenters. The van der Waals surface area contributed by atoms with Crippen LogP contribution in [0.1, 0.15) is 16.6 Å². The van der Waals surface area contributed by atoms with E-state index in [0.29, 0.717) is 29.7 Å². The number of nitrogens with two attached hydrogens (primary N) is 1. The maximum atomic E-state index is 6.18. The molecule has 1 aliphatic heterocycles. The second-order valence-corrected chi connectivity index (χ2v) is 5.21. The summed E-state index contributed by atoms with van der Waals surface area (Å²) in [5.41, 5.74) is 7.03. The molecule has 18 heavy (non-hydrogen) atoms. The van der Waals surface area contributed by atoms with E-state index in [0.717, 1.165) is 10.6 Å². The van der Waals surface area contributed by atoms with Crippen LogP contribution in [0.15, 0.2) is 23.7 Å². The van der Waals surface area contributed by atoms with Gasteiger partial charge in [0.25, 0.3) is 0 Å². The van der Waals surface area contributed by atoms with Crippen LogP contribution in [-0.2, 0) is 0 Å². The summed E-state index contributed by atoms with van der Waals surface area (Å²) in [6, 6.07) is 3.38. The lowest BCUT2D eigenvalue weighted by atomic mass is 10.1. The molecule has 2 N–H and O–H groups in total. The molecular formula is C12H11ClN2O2S. The van der Waals surface area contributed by atoms with Gasteiger partial charge in [0.05, 0.1) is 11.1 Å². The molecule has 1 aliphatic rings. The Morgan fingerprint density at radius 1 is 1.33 bits per heavy atom. The van der Waals surface area contributed by atoms with Gasteiger partial charge in [-0.05, 0) is 17.7 Å². The molecule has 1 unspecified atom stereocenters. The van der Waals surface area contributed by atoms with Gasteiger partial charge in [-0.15, -0.1) is 11.3 Å². The van der Waals surface area contributed by atoms with Crippen LogP contribution < -0.4 is 15.2 Å². The lowest BCUT2D eigenvalue weighted by Gasteiger charge is -2.21. The van der Waals surface area contributed by atoms with E-state index in [2.05, 4.69) is 4.98 Å². The zero-order valence-corrected chi connectivity index (χ0v) is 11.0. The number of benzene rings is 1. The van der Waals surface area contributed by atoms with Crippen molar-refractivity contribution >= 4 is 22.9 Å². The Labute approximate surface area is 113 Å². The molecule has 0 amide bonds. The van der Waals surface area contributed by atoms with Gasteiger partial charge < -0.3 is 15.2 Å². The predicted octanol–water partition coefficient (Wildman–Crippen LogP) is 2.62. The second kappa shape index (κ2) is 4.76. The number of aromatic nitrogens is 1. The van der Waals surface area contributed by atoms with Gasteiger partial charge in [-0.3, -0.25) is 0 Å². The standard InChI is InChI=1S/C12H11ClN2O2S/c13-8-5-7(10(14)12-15-1-4-18-12)6-9-11(8)17-3-2-16-9/h1,4-6,10H,2-3,14H2. The highest BCUT2D eigenvalue weighted by Crippen LogP contribution is 2.40. The molecular weight excluding hydrogens is 272 g/mol. The molecule has 0 spiro atoms.